The summed E-state index contributed by atoms with van der Waals surface area (Å²) in [6.45, 7) is 8.86. The molecule has 1 aliphatic rings. The number of likely N-dealkylation sites (tertiary alicyclic amines) is 1. The Balaban J connectivity index is 0.00000106. The Kier molecular flexibility index (Phi) is 7.90. The molecule has 3 heteroatoms. The molecule has 1 amide bonds. The largest absolute Gasteiger partial charge is 0.339 e. The van der Waals surface area contributed by atoms with E-state index in [0.717, 1.165) is 26.1 Å². The van der Waals surface area contributed by atoms with Crippen molar-refractivity contribution in [3.63, 3.8) is 0 Å². The van der Waals surface area contributed by atoms with Crippen molar-refractivity contribution in [2.45, 2.75) is 27.2 Å². The molecule has 0 aromatic carbocycles. The van der Waals surface area contributed by atoms with E-state index < -0.39 is 0 Å². The Labute approximate surface area is 100 Å². The molecule has 3 nitrogen and oxygen atoms in total. The van der Waals surface area contributed by atoms with E-state index in [2.05, 4.69) is 6.92 Å². The molecule has 0 aromatic rings. The van der Waals surface area contributed by atoms with E-state index in [-0.39, 0.29) is 5.91 Å². The van der Waals surface area contributed by atoms with Crippen LogP contribution in [0.25, 0.3) is 0 Å². The maximum absolute atomic E-state index is 11.6. The summed E-state index contributed by atoms with van der Waals surface area (Å²) in [5.74, 6) is 0.831. The van der Waals surface area contributed by atoms with Crippen molar-refractivity contribution >= 4 is 5.91 Å². The van der Waals surface area contributed by atoms with Gasteiger partial charge in [-0.3, -0.25) is 4.79 Å². The van der Waals surface area contributed by atoms with Crippen LogP contribution in [0.2, 0.25) is 0 Å². The first kappa shape index (κ1) is 15.2. The maximum Gasteiger partial charge on any atom is 0.246 e. The molecule has 1 heterocycles. The van der Waals surface area contributed by atoms with Crippen molar-refractivity contribution in [3.05, 3.63) is 12.2 Å². The summed E-state index contributed by atoms with van der Waals surface area (Å²) in [6, 6.07) is 0. The lowest BCUT2D eigenvalue weighted by atomic mass is 10.2. The Hall–Kier alpha value is -0.830. The number of carbonyl (C=O) groups excluding carboxylic acids is 1. The summed E-state index contributed by atoms with van der Waals surface area (Å²) >= 11 is 0. The zero-order valence-corrected chi connectivity index (χ0v) is 11.4. The number of carbonyl (C=O) groups is 1. The Bertz CT molecular complexity index is 224. The average molecular weight is 226 g/mol. The van der Waals surface area contributed by atoms with Crippen LogP contribution in [0.15, 0.2) is 12.2 Å². The molecule has 1 rings (SSSR count). The van der Waals surface area contributed by atoms with Gasteiger partial charge in [0.2, 0.25) is 5.91 Å². The summed E-state index contributed by atoms with van der Waals surface area (Å²) in [7, 11) is 3.99. The van der Waals surface area contributed by atoms with Crippen molar-refractivity contribution in [1.29, 1.82) is 0 Å². The van der Waals surface area contributed by atoms with Crippen molar-refractivity contribution in [1.82, 2.24) is 9.80 Å². The quantitative estimate of drug-likeness (QED) is 0.687. The molecule has 1 unspecified atom stereocenters. The Morgan fingerprint density at radius 1 is 1.44 bits per heavy atom. The van der Waals surface area contributed by atoms with Crippen LogP contribution in [0.4, 0.5) is 0 Å². The summed E-state index contributed by atoms with van der Waals surface area (Å²) in [5.41, 5.74) is 0. The van der Waals surface area contributed by atoms with Crippen LogP contribution in [-0.4, -0.2) is 49.4 Å². The summed E-state index contributed by atoms with van der Waals surface area (Å²) in [5, 5.41) is 0. The average Bonchev–Trinajstić information content (AvgIpc) is 2.67. The van der Waals surface area contributed by atoms with Gasteiger partial charge in [0.05, 0.1) is 0 Å². The fourth-order valence-corrected chi connectivity index (χ4v) is 1.60. The molecule has 1 fully saturated rings. The summed E-state index contributed by atoms with van der Waals surface area (Å²) < 4.78 is 0. The number of hydrogen-bond acceptors (Lipinski definition) is 2. The van der Waals surface area contributed by atoms with Gasteiger partial charge in [-0.05, 0) is 26.4 Å². The smallest absolute Gasteiger partial charge is 0.246 e. The number of amides is 1. The molecule has 94 valence electrons. The van der Waals surface area contributed by atoms with Crippen molar-refractivity contribution in [2.75, 3.05) is 33.7 Å². The van der Waals surface area contributed by atoms with Crippen LogP contribution in [0.1, 0.15) is 27.2 Å². The molecule has 1 atom stereocenters. The first-order valence-corrected chi connectivity index (χ1v) is 6.19. The third-order valence-corrected chi connectivity index (χ3v) is 2.47. The van der Waals surface area contributed by atoms with E-state index in [1.807, 2.05) is 43.8 Å². The molecule has 1 aliphatic heterocycles. The van der Waals surface area contributed by atoms with Crippen LogP contribution >= 0.6 is 0 Å². The van der Waals surface area contributed by atoms with E-state index in [0.29, 0.717) is 5.92 Å². The fourth-order valence-electron chi connectivity index (χ4n) is 1.60. The van der Waals surface area contributed by atoms with Gasteiger partial charge < -0.3 is 9.80 Å². The van der Waals surface area contributed by atoms with E-state index in [4.69, 9.17) is 0 Å². The third-order valence-electron chi connectivity index (χ3n) is 2.47. The topological polar surface area (TPSA) is 23.6 Å². The molecule has 1 saturated heterocycles. The lowest BCUT2D eigenvalue weighted by molar-refractivity contribution is -0.125. The van der Waals surface area contributed by atoms with Gasteiger partial charge in [0.15, 0.2) is 0 Å². The molecule has 0 radical (unpaired) electrons. The molecule has 0 N–H and O–H groups in total. The molecule has 0 bridgehead atoms. The van der Waals surface area contributed by atoms with Gasteiger partial charge in [-0.25, -0.2) is 0 Å². The normalized spacial score (nSPS) is 20.1. The number of likely N-dealkylation sites (N-methyl/N-ethyl adjacent to an activating group) is 1. The van der Waals surface area contributed by atoms with Gasteiger partial charge >= 0.3 is 0 Å². The lowest BCUT2D eigenvalue weighted by Crippen LogP contribution is -2.26. The van der Waals surface area contributed by atoms with Gasteiger partial charge in [0.25, 0.3) is 0 Å². The van der Waals surface area contributed by atoms with Crippen LogP contribution in [-0.2, 0) is 4.79 Å². The van der Waals surface area contributed by atoms with Crippen molar-refractivity contribution in [2.24, 2.45) is 5.92 Å². The summed E-state index contributed by atoms with van der Waals surface area (Å²) in [6.07, 6.45) is 4.76. The molecule has 0 aliphatic carbocycles. The minimum atomic E-state index is 0.163. The fraction of sp³-hybridized carbons (Fsp3) is 0.769. The van der Waals surface area contributed by atoms with E-state index in [1.54, 1.807) is 6.08 Å². The predicted octanol–water partition coefficient (Wildman–Crippen LogP) is 2.00. The van der Waals surface area contributed by atoms with Gasteiger partial charge in [0, 0.05) is 25.7 Å². The van der Waals surface area contributed by atoms with Crippen molar-refractivity contribution < 1.29 is 4.79 Å². The van der Waals surface area contributed by atoms with E-state index in [9.17, 15) is 4.79 Å². The van der Waals surface area contributed by atoms with Gasteiger partial charge in [-0.2, -0.15) is 0 Å². The second-order valence-electron chi connectivity index (χ2n) is 4.34. The highest BCUT2D eigenvalue weighted by Gasteiger charge is 2.21. The molecule has 16 heavy (non-hydrogen) atoms. The van der Waals surface area contributed by atoms with Crippen LogP contribution in [0.3, 0.4) is 0 Å². The SMILES string of the molecule is CC.CC1CCN(C(=O)/C=C/CN(C)C)C1. The first-order valence-electron chi connectivity index (χ1n) is 6.19. The van der Waals surface area contributed by atoms with Crippen LogP contribution < -0.4 is 0 Å². The highest BCUT2D eigenvalue weighted by Crippen LogP contribution is 2.14. The molecule has 0 saturated carbocycles. The molecular weight excluding hydrogens is 200 g/mol. The first-order chi connectivity index (χ1) is 7.59. The third kappa shape index (κ3) is 5.91. The predicted molar refractivity (Wildman–Crippen MR) is 69.4 cm³/mol. The Morgan fingerprint density at radius 3 is 2.50 bits per heavy atom. The zero-order chi connectivity index (χ0) is 12.6. The number of rotatable bonds is 3. The second kappa shape index (κ2) is 8.34. The lowest BCUT2D eigenvalue weighted by Gasteiger charge is -2.13. The van der Waals surface area contributed by atoms with E-state index >= 15 is 0 Å². The zero-order valence-electron chi connectivity index (χ0n) is 11.4. The van der Waals surface area contributed by atoms with Crippen molar-refractivity contribution in [3.8, 4) is 0 Å². The van der Waals surface area contributed by atoms with E-state index in [1.165, 1.54) is 0 Å². The van der Waals surface area contributed by atoms with Crippen LogP contribution in [0.5, 0.6) is 0 Å². The Morgan fingerprint density at radius 2 is 2.06 bits per heavy atom. The summed E-state index contributed by atoms with van der Waals surface area (Å²) in [4.78, 5) is 15.6. The van der Waals surface area contributed by atoms with Gasteiger partial charge in [0.1, 0.15) is 0 Å². The van der Waals surface area contributed by atoms with Gasteiger partial charge in [-0.15, -0.1) is 0 Å². The minimum absolute atomic E-state index is 0.163. The number of hydrogen-bond donors (Lipinski definition) is 0. The highest BCUT2D eigenvalue weighted by atomic mass is 16.2. The van der Waals surface area contributed by atoms with Gasteiger partial charge in [-0.1, -0.05) is 26.8 Å². The minimum Gasteiger partial charge on any atom is -0.339 e. The van der Waals surface area contributed by atoms with Crippen LogP contribution in [0, 0.1) is 5.92 Å². The molecule has 0 aromatic heterocycles. The standard InChI is InChI=1S/C11H20N2O.C2H6/c1-10-6-8-13(9-10)11(14)5-4-7-12(2)3;1-2/h4-5,10H,6-9H2,1-3H3;1-2H3/b5-4+;. The number of nitrogens with zero attached hydrogens (tertiary/aromatic N) is 2. The second-order valence-corrected chi connectivity index (χ2v) is 4.34. The monoisotopic (exact) mass is 226 g/mol. The maximum atomic E-state index is 11.6. The molecule has 0 spiro atoms. The molecular formula is C13H26N2O. The highest BCUT2D eigenvalue weighted by molar-refractivity contribution is 5.87.